The van der Waals surface area contributed by atoms with Crippen molar-refractivity contribution in [1.82, 2.24) is 4.31 Å². The molecule has 1 aliphatic heterocycles. The van der Waals surface area contributed by atoms with E-state index in [0.717, 1.165) is 12.2 Å². The van der Waals surface area contributed by atoms with Gasteiger partial charge in [0.1, 0.15) is 22.2 Å². The molecule has 2 aliphatic rings. The van der Waals surface area contributed by atoms with Gasteiger partial charge in [-0.15, -0.1) is 0 Å². The molecule has 1 aromatic heterocycles. The van der Waals surface area contributed by atoms with Gasteiger partial charge in [0, 0.05) is 19.0 Å². The van der Waals surface area contributed by atoms with Crippen molar-refractivity contribution in [3.8, 4) is 5.75 Å². The Labute approximate surface area is 162 Å². The van der Waals surface area contributed by atoms with Crippen molar-refractivity contribution in [1.29, 1.82) is 0 Å². The molecular weight excluding hydrogens is 392 g/mol. The second kappa shape index (κ2) is 6.54. The molecule has 1 N–H and O–H groups in total. The number of nitrogens with one attached hydrogen (secondary N) is 1. The van der Waals surface area contributed by atoms with Crippen LogP contribution in [0, 0.1) is 5.92 Å². The van der Waals surface area contributed by atoms with Crippen molar-refractivity contribution < 1.29 is 22.4 Å². The summed E-state index contributed by atoms with van der Waals surface area (Å²) in [6.45, 7) is 2.08. The topological polar surface area (TPSA) is 88.9 Å². The second-order valence-corrected chi connectivity index (χ2v) is 9.42. The molecule has 1 aliphatic carbocycles. The molecule has 27 heavy (non-hydrogen) atoms. The van der Waals surface area contributed by atoms with E-state index in [-0.39, 0.29) is 34.7 Å². The van der Waals surface area contributed by atoms with Crippen molar-refractivity contribution >= 4 is 33.2 Å². The highest BCUT2D eigenvalue weighted by Crippen LogP contribution is 2.47. The summed E-state index contributed by atoms with van der Waals surface area (Å²) < 4.78 is 38.2. The molecule has 4 rings (SSSR count). The zero-order valence-electron chi connectivity index (χ0n) is 14.9. The number of nitrogens with zero attached hydrogens (tertiary/aromatic N) is 1. The Bertz CT molecular complexity index is 1020. The van der Waals surface area contributed by atoms with Gasteiger partial charge in [-0.3, -0.25) is 4.79 Å². The molecule has 1 saturated carbocycles. The van der Waals surface area contributed by atoms with Gasteiger partial charge < -0.3 is 14.5 Å². The van der Waals surface area contributed by atoms with Crippen molar-refractivity contribution in [2.24, 2.45) is 5.92 Å². The molecular formula is C18H19ClN2O5S. The summed E-state index contributed by atoms with van der Waals surface area (Å²) in [5.74, 6) is 2.48. The van der Waals surface area contributed by atoms with Crippen LogP contribution in [0.2, 0.25) is 5.02 Å². The summed E-state index contributed by atoms with van der Waals surface area (Å²) in [5.41, 5.74) is 0.354. The molecule has 2 aromatic rings. The lowest BCUT2D eigenvalue weighted by molar-refractivity contribution is -0.118. The monoisotopic (exact) mass is 410 g/mol. The molecule has 0 radical (unpaired) electrons. The molecule has 2 unspecified atom stereocenters. The fourth-order valence-electron chi connectivity index (χ4n) is 3.15. The number of furan rings is 1. The maximum absolute atomic E-state index is 13.0. The average Bonchev–Trinajstić information content (AvgIpc) is 3.15. The van der Waals surface area contributed by atoms with Crippen molar-refractivity contribution in [2.45, 2.75) is 30.7 Å². The summed E-state index contributed by atoms with van der Waals surface area (Å²) in [7, 11) is -2.40. The first-order valence-electron chi connectivity index (χ1n) is 8.57. The lowest BCUT2D eigenvalue weighted by atomic mass is 10.2. The third-order valence-electron chi connectivity index (χ3n) is 4.89. The number of sulfonamides is 1. The van der Waals surface area contributed by atoms with E-state index in [1.807, 2.05) is 6.07 Å². The molecule has 0 bridgehead atoms. The highest BCUT2D eigenvalue weighted by molar-refractivity contribution is 7.89. The maximum atomic E-state index is 13.0. The molecule has 0 saturated heterocycles. The summed E-state index contributed by atoms with van der Waals surface area (Å²) in [4.78, 5) is 11.3. The first kappa shape index (κ1) is 18.3. The Morgan fingerprint density at radius 3 is 2.78 bits per heavy atom. The minimum Gasteiger partial charge on any atom is -0.482 e. The van der Waals surface area contributed by atoms with Gasteiger partial charge in [0.05, 0.1) is 17.3 Å². The standard InChI is InChI=1S/C18H19ClN2O5S/c1-10-5-12(10)15-4-3-11(26-15)8-21(2)27(23,24)17-7-16-14(6-13(17)19)20-18(22)9-25-16/h3-4,6-7,10,12H,5,8-9H2,1-2H3,(H,20,22). The molecule has 7 nitrogen and oxygen atoms in total. The van der Waals surface area contributed by atoms with Gasteiger partial charge in [-0.1, -0.05) is 18.5 Å². The zero-order chi connectivity index (χ0) is 19.3. The number of carbonyl (C=O) groups excluding carboxylic acids is 1. The predicted molar refractivity (Wildman–Crippen MR) is 99.5 cm³/mol. The number of fused-ring (bicyclic) bond motifs is 1. The number of ether oxygens (including phenoxy) is 1. The third kappa shape index (κ3) is 3.44. The fraction of sp³-hybridized carbons (Fsp3) is 0.389. The van der Waals surface area contributed by atoms with Gasteiger partial charge in [0.2, 0.25) is 10.0 Å². The van der Waals surface area contributed by atoms with Gasteiger partial charge in [0.25, 0.3) is 5.91 Å². The lowest BCUT2D eigenvalue weighted by Crippen LogP contribution is -2.28. The normalized spacial score (nSPS) is 21.6. The number of benzene rings is 1. The van der Waals surface area contributed by atoms with Crippen LogP contribution >= 0.6 is 11.6 Å². The van der Waals surface area contributed by atoms with Crippen LogP contribution in [0.4, 0.5) is 5.69 Å². The summed E-state index contributed by atoms with van der Waals surface area (Å²) in [6, 6.07) is 6.43. The van der Waals surface area contributed by atoms with E-state index in [0.29, 0.717) is 23.3 Å². The van der Waals surface area contributed by atoms with E-state index >= 15 is 0 Å². The molecule has 1 aromatic carbocycles. The Kier molecular flexibility index (Phi) is 4.44. The minimum atomic E-state index is -3.87. The smallest absolute Gasteiger partial charge is 0.262 e. The molecule has 1 fully saturated rings. The summed E-state index contributed by atoms with van der Waals surface area (Å²) >= 11 is 6.17. The Morgan fingerprint density at radius 1 is 1.33 bits per heavy atom. The van der Waals surface area contributed by atoms with Gasteiger partial charge in [-0.25, -0.2) is 8.42 Å². The summed E-state index contributed by atoms with van der Waals surface area (Å²) in [5, 5.41) is 2.61. The van der Waals surface area contributed by atoms with Crippen LogP contribution in [-0.2, 0) is 21.4 Å². The number of hydrogen-bond acceptors (Lipinski definition) is 5. The van der Waals surface area contributed by atoms with Gasteiger partial charge in [0.15, 0.2) is 6.61 Å². The van der Waals surface area contributed by atoms with E-state index in [1.54, 1.807) is 6.07 Å². The second-order valence-electron chi connectivity index (χ2n) is 7.00. The number of anilines is 1. The molecule has 2 heterocycles. The maximum Gasteiger partial charge on any atom is 0.262 e. The lowest BCUT2D eigenvalue weighted by Gasteiger charge is -2.21. The molecule has 144 valence electrons. The van der Waals surface area contributed by atoms with Crippen LogP contribution in [0.1, 0.15) is 30.8 Å². The molecule has 1 amide bonds. The number of hydrogen-bond donors (Lipinski definition) is 1. The predicted octanol–water partition coefficient (Wildman–Crippen LogP) is 3.21. The van der Waals surface area contributed by atoms with E-state index in [4.69, 9.17) is 20.8 Å². The van der Waals surface area contributed by atoms with Crippen LogP contribution in [0.25, 0.3) is 0 Å². The number of halogens is 1. The zero-order valence-corrected chi connectivity index (χ0v) is 16.4. The first-order valence-corrected chi connectivity index (χ1v) is 10.4. The SMILES string of the molecule is CC1CC1c1ccc(CN(C)S(=O)(=O)c2cc3c(cc2Cl)NC(=O)CO3)o1. The molecule has 2 atom stereocenters. The quantitative estimate of drug-likeness (QED) is 0.817. The molecule has 0 spiro atoms. The van der Waals surface area contributed by atoms with Crippen LogP contribution in [0.5, 0.6) is 5.75 Å². The van der Waals surface area contributed by atoms with Gasteiger partial charge in [-0.05, 0) is 30.5 Å². The number of amides is 1. The van der Waals surface area contributed by atoms with Gasteiger partial charge in [-0.2, -0.15) is 4.31 Å². The van der Waals surface area contributed by atoms with Crippen LogP contribution < -0.4 is 10.1 Å². The van der Waals surface area contributed by atoms with Crippen molar-refractivity contribution in [2.75, 3.05) is 19.0 Å². The Balaban J connectivity index is 1.57. The van der Waals surface area contributed by atoms with Crippen LogP contribution in [0.3, 0.4) is 0 Å². The van der Waals surface area contributed by atoms with Crippen LogP contribution in [-0.4, -0.2) is 32.3 Å². The highest BCUT2D eigenvalue weighted by Gasteiger charge is 2.37. The van der Waals surface area contributed by atoms with E-state index in [9.17, 15) is 13.2 Å². The summed E-state index contributed by atoms with van der Waals surface area (Å²) in [6.07, 6.45) is 1.10. The number of carbonyl (C=O) groups is 1. The average molecular weight is 411 g/mol. The third-order valence-corrected chi connectivity index (χ3v) is 7.16. The number of rotatable bonds is 5. The van der Waals surface area contributed by atoms with E-state index < -0.39 is 10.0 Å². The first-order chi connectivity index (χ1) is 12.8. The highest BCUT2D eigenvalue weighted by atomic mass is 35.5. The van der Waals surface area contributed by atoms with Crippen LogP contribution in [0.15, 0.2) is 33.6 Å². The van der Waals surface area contributed by atoms with E-state index in [2.05, 4.69) is 12.2 Å². The Morgan fingerprint density at radius 2 is 2.07 bits per heavy atom. The van der Waals surface area contributed by atoms with Crippen molar-refractivity contribution in [3.63, 3.8) is 0 Å². The van der Waals surface area contributed by atoms with Crippen molar-refractivity contribution in [3.05, 3.63) is 40.8 Å². The Hall–Kier alpha value is -2.03. The largest absolute Gasteiger partial charge is 0.482 e. The van der Waals surface area contributed by atoms with Gasteiger partial charge >= 0.3 is 0 Å². The molecule has 9 heteroatoms. The van der Waals surface area contributed by atoms with E-state index in [1.165, 1.54) is 23.5 Å². The fourth-order valence-corrected chi connectivity index (χ4v) is 4.80. The minimum absolute atomic E-state index is 0.0124.